The molecule has 2 unspecified atom stereocenters. The van der Waals surface area contributed by atoms with E-state index in [0.717, 1.165) is 50.4 Å². The van der Waals surface area contributed by atoms with E-state index in [-0.39, 0.29) is 0 Å². The summed E-state index contributed by atoms with van der Waals surface area (Å²) in [5.74, 6) is 1.91. The number of anilines is 1. The Morgan fingerprint density at radius 1 is 1.54 bits per heavy atom. The van der Waals surface area contributed by atoms with Crippen LogP contribution < -0.4 is 16.0 Å². The second-order valence-electron chi connectivity index (χ2n) is 6.45. The van der Waals surface area contributed by atoms with Crippen LogP contribution >= 0.6 is 0 Å². The molecule has 3 rings (SSSR count). The summed E-state index contributed by atoms with van der Waals surface area (Å²) < 4.78 is 1.90. The van der Waals surface area contributed by atoms with Crippen molar-refractivity contribution < 1.29 is 0 Å². The van der Waals surface area contributed by atoms with Crippen LogP contribution in [0.25, 0.3) is 5.65 Å². The first-order valence-electron chi connectivity index (χ1n) is 8.63. The van der Waals surface area contributed by atoms with Crippen LogP contribution in [0, 0.1) is 5.92 Å². The number of piperidine rings is 1. The fourth-order valence-electron chi connectivity index (χ4n) is 3.00. The predicted octanol–water partition coefficient (Wildman–Crippen LogP) is 1.04. The molecule has 3 N–H and O–H groups in total. The van der Waals surface area contributed by atoms with Gasteiger partial charge in [-0.3, -0.25) is 9.39 Å². The zero-order chi connectivity index (χ0) is 16.9. The molecule has 2 atom stereocenters. The standard InChI is InChI=1S/C16H26N8/c1-3-12(2)21-16(17)19-9-13-5-4-7-23(10-13)14-15-22-20-11-24(15)8-6-18-14/h6,8,11-13H,3-5,7,9-10H2,1-2H3,(H3,17,19,21). The number of guanidine groups is 1. The molecule has 1 fully saturated rings. The number of hydrogen-bond donors (Lipinski definition) is 2. The van der Waals surface area contributed by atoms with Crippen molar-refractivity contribution in [1.82, 2.24) is 24.9 Å². The lowest BCUT2D eigenvalue weighted by molar-refractivity contribution is 0.422. The lowest BCUT2D eigenvalue weighted by atomic mass is 9.98. The summed E-state index contributed by atoms with van der Waals surface area (Å²) >= 11 is 0. The van der Waals surface area contributed by atoms with E-state index in [1.165, 1.54) is 0 Å². The van der Waals surface area contributed by atoms with E-state index in [4.69, 9.17) is 5.73 Å². The number of nitrogens with two attached hydrogens (primary N) is 1. The van der Waals surface area contributed by atoms with Gasteiger partial charge in [-0.15, -0.1) is 10.2 Å². The van der Waals surface area contributed by atoms with Crippen molar-refractivity contribution in [2.75, 3.05) is 24.5 Å². The number of rotatable bonds is 5. The highest BCUT2D eigenvalue weighted by Crippen LogP contribution is 2.24. The minimum atomic E-state index is 0.353. The summed E-state index contributed by atoms with van der Waals surface area (Å²) in [5, 5.41) is 11.4. The van der Waals surface area contributed by atoms with E-state index < -0.39 is 0 Å². The molecule has 1 aliphatic rings. The minimum absolute atomic E-state index is 0.353. The van der Waals surface area contributed by atoms with Gasteiger partial charge in [0.15, 0.2) is 11.8 Å². The zero-order valence-corrected chi connectivity index (χ0v) is 14.4. The fraction of sp³-hybridized carbons (Fsp3) is 0.625. The molecule has 0 spiro atoms. The third-order valence-electron chi connectivity index (χ3n) is 4.54. The second kappa shape index (κ2) is 7.46. The molecule has 0 amide bonds. The molecule has 1 saturated heterocycles. The summed E-state index contributed by atoms with van der Waals surface area (Å²) in [5.41, 5.74) is 6.77. The molecule has 3 heterocycles. The van der Waals surface area contributed by atoms with E-state index >= 15 is 0 Å². The van der Waals surface area contributed by atoms with Crippen molar-refractivity contribution in [3.63, 3.8) is 0 Å². The summed E-state index contributed by atoms with van der Waals surface area (Å²) in [6.07, 6.45) is 8.67. The molecular formula is C16H26N8. The van der Waals surface area contributed by atoms with Crippen LogP contribution in [0.5, 0.6) is 0 Å². The van der Waals surface area contributed by atoms with E-state index in [2.05, 4.69) is 44.2 Å². The average molecular weight is 330 g/mol. The first-order chi connectivity index (χ1) is 11.7. The highest BCUT2D eigenvalue weighted by Gasteiger charge is 2.23. The first kappa shape index (κ1) is 16.5. The molecular weight excluding hydrogens is 304 g/mol. The van der Waals surface area contributed by atoms with Crippen molar-refractivity contribution >= 4 is 17.4 Å². The van der Waals surface area contributed by atoms with Gasteiger partial charge in [0.2, 0.25) is 5.65 Å². The van der Waals surface area contributed by atoms with E-state index in [1.807, 2.05) is 10.6 Å². The Kier molecular flexibility index (Phi) is 5.12. The highest BCUT2D eigenvalue weighted by molar-refractivity contribution is 5.78. The largest absolute Gasteiger partial charge is 0.370 e. The number of nitrogens with one attached hydrogen (secondary N) is 1. The predicted molar refractivity (Wildman–Crippen MR) is 95.1 cm³/mol. The number of fused-ring (bicyclic) bond motifs is 1. The normalized spacial score (nSPS) is 20.3. The number of hydrogen-bond acceptors (Lipinski definition) is 5. The molecule has 0 radical (unpaired) electrons. The second-order valence-corrected chi connectivity index (χ2v) is 6.45. The van der Waals surface area contributed by atoms with Gasteiger partial charge in [0.25, 0.3) is 0 Å². The van der Waals surface area contributed by atoms with Crippen molar-refractivity contribution in [1.29, 1.82) is 0 Å². The van der Waals surface area contributed by atoms with Crippen molar-refractivity contribution in [2.45, 2.75) is 39.2 Å². The monoisotopic (exact) mass is 330 g/mol. The van der Waals surface area contributed by atoms with Crippen LogP contribution in [0.1, 0.15) is 33.1 Å². The van der Waals surface area contributed by atoms with Crippen molar-refractivity contribution in [2.24, 2.45) is 16.6 Å². The molecule has 0 aromatic carbocycles. The highest BCUT2D eigenvalue weighted by atomic mass is 15.3. The molecule has 2 aromatic heterocycles. The quantitative estimate of drug-likeness (QED) is 0.628. The summed E-state index contributed by atoms with van der Waals surface area (Å²) in [7, 11) is 0. The minimum Gasteiger partial charge on any atom is -0.370 e. The molecule has 0 bridgehead atoms. The molecule has 8 heteroatoms. The topological polar surface area (TPSA) is 96.7 Å². The first-order valence-corrected chi connectivity index (χ1v) is 8.63. The van der Waals surface area contributed by atoms with E-state index in [9.17, 15) is 0 Å². The van der Waals surface area contributed by atoms with Crippen LogP contribution in [-0.2, 0) is 0 Å². The number of aliphatic imine (C=N–C) groups is 1. The lowest BCUT2D eigenvalue weighted by Gasteiger charge is -2.32. The Morgan fingerprint density at radius 2 is 2.42 bits per heavy atom. The Bertz CT molecular complexity index is 694. The maximum absolute atomic E-state index is 5.96. The Balaban J connectivity index is 1.64. The summed E-state index contributed by atoms with van der Waals surface area (Å²) in [4.78, 5) is 11.3. The third kappa shape index (κ3) is 3.74. The average Bonchev–Trinajstić information content (AvgIpc) is 3.08. The Morgan fingerprint density at radius 3 is 3.25 bits per heavy atom. The molecule has 1 aliphatic heterocycles. The van der Waals surface area contributed by atoms with Crippen LogP contribution in [0.3, 0.4) is 0 Å². The molecule has 130 valence electrons. The van der Waals surface area contributed by atoms with Crippen LogP contribution in [0.4, 0.5) is 5.82 Å². The van der Waals surface area contributed by atoms with Gasteiger partial charge in [0, 0.05) is 38.1 Å². The van der Waals surface area contributed by atoms with Crippen LogP contribution in [0.2, 0.25) is 0 Å². The van der Waals surface area contributed by atoms with Gasteiger partial charge in [-0.2, -0.15) is 0 Å². The van der Waals surface area contributed by atoms with Crippen molar-refractivity contribution in [3.05, 3.63) is 18.7 Å². The van der Waals surface area contributed by atoms with Gasteiger partial charge < -0.3 is 16.0 Å². The number of nitrogens with zero attached hydrogens (tertiary/aromatic N) is 6. The Hall–Kier alpha value is -2.38. The SMILES string of the molecule is CCC(C)NC(N)=NCC1CCCN(c2nccn3cnnc23)C1. The molecule has 8 nitrogen and oxygen atoms in total. The maximum atomic E-state index is 5.96. The summed E-state index contributed by atoms with van der Waals surface area (Å²) in [6, 6.07) is 0.353. The fourth-order valence-corrected chi connectivity index (χ4v) is 3.00. The van der Waals surface area contributed by atoms with Gasteiger partial charge >= 0.3 is 0 Å². The third-order valence-corrected chi connectivity index (χ3v) is 4.54. The van der Waals surface area contributed by atoms with Crippen molar-refractivity contribution in [3.8, 4) is 0 Å². The van der Waals surface area contributed by atoms with E-state index in [1.54, 1.807) is 12.5 Å². The zero-order valence-electron chi connectivity index (χ0n) is 14.4. The van der Waals surface area contributed by atoms with Gasteiger partial charge in [-0.05, 0) is 32.1 Å². The smallest absolute Gasteiger partial charge is 0.203 e. The van der Waals surface area contributed by atoms with Gasteiger partial charge in [0.1, 0.15) is 6.33 Å². The Labute approximate surface area is 142 Å². The van der Waals surface area contributed by atoms with Gasteiger partial charge in [-0.25, -0.2) is 4.98 Å². The summed E-state index contributed by atoms with van der Waals surface area (Å²) in [6.45, 7) is 6.87. The molecule has 24 heavy (non-hydrogen) atoms. The maximum Gasteiger partial charge on any atom is 0.203 e. The molecule has 2 aromatic rings. The van der Waals surface area contributed by atoms with Gasteiger partial charge in [0.05, 0.1) is 0 Å². The molecule has 0 aliphatic carbocycles. The number of aromatic nitrogens is 4. The molecule has 0 saturated carbocycles. The van der Waals surface area contributed by atoms with Gasteiger partial charge in [-0.1, -0.05) is 6.92 Å². The van der Waals surface area contributed by atoms with E-state index in [0.29, 0.717) is 17.9 Å². The van der Waals surface area contributed by atoms with Crippen LogP contribution in [-0.4, -0.2) is 51.2 Å². The van der Waals surface area contributed by atoms with Crippen LogP contribution in [0.15, 0.2) is 23.7 Å². The lowest BCUT2D eigenvalue weighted by Crippen LogP contribution is -2.40.